The highest BCUT2D eigenvalue weighted by atomic mass is 16.3. The Balaban J connectivity index is 4.23. The molecule has 0 aromatic rings. The second-order valence-corrected chi connectivity index (χ2v) is 4.49. The summed E-state index contributed by atoms with van der Waals surface area (Å²) in [6.45, 7) is 5.93. The zero-order valence-corrected chi connectivity index (χ0v) is 10.4. The summed E-state index contributed by atoms with van der Waals surface area (Å²) in [6.07, 6.45) is 2.11. The fraction of sp³-hybridized carbons (Fsp3) is 0.833. The maximum absolute atomic E-state index is 11.7. The van der Waals surface area contributed by atoms with Gasteiger partial charge >= 0.3 is 0 Å². The van der Waals surface area contributed by atoms with Gasteiger partial charge in [-0.15, -0.1) is 0 Å². The van der Waals surface area contributed by atoms with Gasteiger partial charge in [-0.3, -0.25) is 4.79 Å². The zero-order chi connectivity index (χ0) is 12.6. The van der Waals surface area contributed by atoms with Gasteiger partial charge in [-0.05, 0) is 18.8 Å². The highest BCUT2D eigenvalue weighted by Crippen LogP contribution is 2.08. The van der Waals surface area contributed by atoms with Gasteiger partial charge in [-0.25, -0.2) is 0 Å². The maximum Gasteiger partial charge on any atom is 0.237 e. The Morgan fingerprint density at radius 1 is 1.50 bits per heavy atom. The van der Waals surface area contributed by atoms with E-state index in [0.29, 0.717) is 12.3 Å². The summed E-state index contributed by atoms with van der Waals surface area (Å²) < 4.78 is 0. The first-order chi connectivity index (χ1) is 7.54. The summed E-state index contributed by atoms with van der Waals surface area (Å²) in [6, 6.07) is 1.76. The molecule has 0 heterocycles. The fourth-order valence-corrected chi connectivity index (χ4v) is 1.59. The molecule has 0 spiro atoms. The second-order valence-electron chi connectivity index (χ2n) is 4.49. The normalized spacial score (nSPS) is 14.2. The average Bonchev–Trinajstić information content (AvgIpc) is 2.23. The first-order valence-corrected chi connectivity index (χ1v) is 5.85. The van der Waals surface area contributed by atoms with E-state index in [9.17, 15) is 4.79 Å². The molecule has 1 amide bonds. The number of amides is 1. The SMILES string of the molecule is CCCC(C#N)C(=O)NC(CO)CC(C)C. The number of carbonyl (C=O) groups excluding carboxylic acids is 1. The third-order valence-corrected chi connectivity index (χ3v) is 2.37. The topological polar surface area (TPSA) is 73.1 Å². The van der Waals surface area contributed by atoms with E-state index in [1.165, 1.54) is 0 Å². The molecule has 16 heavy (non-hydrogen) atoms. The van der Waals surface area contributed by atoms with Crippen LogP contribution < -0.4 is 5.32 Å². The number of nitrogens with one attached hydrogen (secondary N) is 1. The molecule has 0 fully saturated rings. The van der Waals surface area contributed by atoms with Crippen LogP contribution in [0.5, 0.6) is 0 Å². The number of hydrogen-bond donors (Lipinski definition) is 2. The second kappa shape index (κ2) is 8.12. The Hall–Kier alpha value is -1.08. The third kappa shape index (κ3) is 5.72. The first-order valence-electron chi connectivity index (χ1n) is 5.85. The van der Waals surface area contributed by atoms with E-state index in [2.05, 4.69) is 5.32 Å². The molecule has 0 saturated heterocycles. The molecule has 92 valence electrons. The lowest BCUT2D eigenvalue weighted by Gasteiger charge is -2.19. The van der Waals surface area contributed by atoms with Crippen LogP contribution in [0.3, 0.4) is 0 Å². The Morgan fingerprint density at radius 3 is 2.50 bits per heavy atom. The van der Waals surface area contributed by atoms with Gasteiger partial charge in [0.2, 0.25) is 5.91 Å². The van der Waals surface area contributed by atoms with Crippen LogP contribution in [0.25, 0.3) is 0 Å². The molecule has 0 aliphatic rings. The highest BCUT2D eigenvalue weighted by molar-refractivity contribution is 5.81. The summed E-state index contributed by atoms with van der Waals surface area (Å²) in [5.41, 5.74) is 0. The van der Waals surface area contributed by atoms with Gasteiger partial charge in [0.05, 0.1) is 18.7 Å². The van der Waals surface area contributed by atoms with Gasteiger partial charge in [0.15, 0.2) is 0 Å². The van der Waals surface area contributed by atoms with E-state index < -0.39 is 5.92 Å². The zero-order valence-electron chi connectivity index (χ0n) is 10.4. The molecular formula is C12H22N2O2. The molecule has 0 aromatic carbocycles. The number of aliphatic hydroxyl groups is 1. The molecule has 0 aromatic heterocycles. The van der Waals surface area contributed by atoms with Gasteiger partial charge in [0.1, 0.15) is 5.92 Å². The minimum absolute atomic E-state index is 0.0752. The molecular weight excluding hydrogens is 204 g/mol. The van der Waals surface area contributed by atoms with E-state index in [-0.39, 0.29) is 18.6 Å². The number of carbonyl (C=O) groups is 1. The number of hydrogen-bond acceptors (Lipinski definition) is 3. The van der Waals surface area contributed by atoms with E-state index in [1.54, 1.807) is 0 Å². The van der Waals surface area contributed by atoms with Crippen LogP contribution in [0.1, 0.15) is 40.0 Å². The lowest BCUT2D eigenvalue weighted by Crippen LogP contribution is -2.41. The molecule has 0 aliphatic carbocycles. The van der Waals surface area contributed by atoms with Crippen molar-refractivity contribution in [3.8, 4) is 6.07 Å². The molecule has 4 nitrogen and oxygen atoms in total. The van der Waals surface area contributed by atoms with E-state index >= 15 is 0 Å². The van der Waals surface area contributed by atoms with E-state index in [1.807, 2.05) is 26.8 Å². The highest BCUT2D eigenvalue weighted by Gasteiger charge is 2.20. The molecule has 2 N–H and O–H groups in total. The lowest BCUT2D eigenvalue weighted by molar-refractivity contribution is -0.124. The largest absolute Gasteiger partial charge is 0.394 e. The predicted molar refractivity (Wildman–Crippen MR) is 62.5 cm³/mol. The van der Waals surface area contributed by atoms with Gasteiger partial charge < -0.3 is 10.4 Å². The van der Waals surface area contributed by atoms with Crippen molar-refractivity contribution in [2.75, 3.05) is 6.61 Å². The molecule has 2 unspecified atom stereocenters. The molecule has 0 radical (unpaired) electrons. The van der Waals surface area contributed by atoms with Crippen molar-refractivity contribution in [1.29, 1.82) is 5.26 Å². The number of nitriles is 1. The predicted octanol–water partition coefficient (Wildman–Crippen LogP) is 1.45. The van der Waals surface area contributed by atoms with Crippen LogP contribution in [-0.2, 0) is 4.79 Å². The van der Waals surface area contributed by atoms with Crippen LogP contribution >= 0.6 is 0 Å². The fourth-order valence-electron chi connectivity index (χ4n) is 1.59. The van der Waals surface area contributed by atoms with Crippen molar-refractivity contribution in [3.63, 3.8) is 0 Å². The maximum atomic E-state index is 11.7. The Labute approximate surface area is 97.7 Å². The van der Waals surface area contributed by atoms with E-state index in [0.717, 1.165) is 12.8 Å². The van der Waals surface area contributed by atoms with Crippen molar-refractivity contribution in [2.24, 2.45) is 11.8 Å². The van der Waals surface area contributed by atoms with Crippen molar-refractivity contribution in [2.45, 2.75) is 46.1 Å². The Kier molecular flexibility index (Phi) is 7.57. The van der Waals surface area contributed by atoms with Crippen molar-refractivity contribution >= 4 is 5.91 Å². The molecule has 0 aliphatic heterocycles. The smallest absolute Gasteiger partial charge is 0.237 e. The van der Waals surface area contributed by atoms with E-state index in [4.69, 9.17) is 10.4 Å². The molecule has 0 rings (SSSR count). The first kappa shape index (κ1) is 14.9. The average molecular weight is 226 g/mol. The van der Waals surface area contributed by atoms with Crippen LogP contribution in [-0.4, -0.2) is 23.7 Å². The summed E-state index contributed by atoms with van der Waals surface area (Å²) in [4.78, 5) is 11.7. The van der Waals surface area contributed by atoms with Crippen LogP contribution in [0, 0.1) is 23.2 Å². The van der Waals surface area contributed by atoms with Crippen LogP contribution in [0.2, 0.25) is 0 Å². The molecule has 0 bridgehead atoms. The summed E-state index contributed by atoms with van der Waals surface area (Å²) >= 11 is 0. The summed E-state index contributed by atoms with van der Waals surface area (Å²) in [5.74, 6) is -0.445. The number of aliphatic hydroxyl groups excluding tert-OH is 1. The Morgan fingerprint density at radius 2 is 2.12 bits per heavy atom. The van der Waals surface area contributed by atoms with Gasteiger partial charge in [-0.2, -0.15) is 5.26 Å². The van der Waals surface area contributed by atoms with Gasteiger partial charge in [-0.1, -0.05) is 27.2 Å². The minimum atomic E-state index is -0.591. The van der Waals surface area contributed by atoms with Crippen molar-refractivity contribution in [3.05, 3.63) is 0 Å². The monoisotopic (exact) mass is 226 g/mol. The standard InChI is InChI=1S/C12H22N2O2/c1-4-5-10(7-13)12(16)14-11(8-15)6-9(2)3/h9-11,15H,4-6,8H2,1-3H3,(H,14,16). The lowest BCUT2D eigenvalue weighted by atomic mass is 10.0. The summed E-state index contributed by atoms with van der Waals surface area (Å²) in [5, 5.41) is 20.7. The number of rotatable bonds is 7. The van der Waals surface area contributed by atoms with Crippen molar-refractivity contribution < 1.29 is 9.90 Å². The van der Waals surface area contributed by atoms with Crippen LogP contribution in [0.4, 0.5) is 0 Å². The summed E-state index contributed by atoms with van der Waals surface area (Å²) in [7, 11) is 0. The number of nitrogens with zero attached hydrogens (tertiary/aromatic N) is 1. The molecule has 0 saturated carbocycles. The molecule has 4 heteroatoms. The quantitative estimate of drug-likeness (QED) is 0.690. The molecule has 2 atom stereocenters. The Bertz CT molecular complexity index is 246. The van der Waals surface area contributed by atoms with Gasteiger partial charge in [0.25, 0.3) is 0 Å². The van der Waals surface area contributed by atoms with Gasteiger partial charge in [0, 0.05) is 0 Å². The minimum Gasteiger partial charge on any atom is -0.394 e. The van der Waals surface area contributed by atoms with Crippen molar-refractivity contribution in [1.82, 2.24) is 5.32 Å². The van der Waals surface area contributed by atoms with Crippen LogP contribution in [0.15, 0.2) is 0 Å². The third-order valence-electron chi connectivity index (χ3n) is 2.37.